The van der Waals surface area contributed by atoms with Gasteiger partial charge in [0.05, 0.1) is 13.2 Å². The van der Waals surface area contributed by atoms with Crippen LogP contribution in [0.15, 0.2) is 14.4 Å². The number of nitrogens with zero attached hydrogens (tertiary/aromatic N) is 3. The molecule has 0 radical (unpaired) electrons. The second-order valence-corrected chi connectivity index (χ2v) is 19.9. The van der Waals surface area contributed by atoms with Gasteiger partial charge in [-0.05, 0) is 104 Å². The van der Waals surface area contributed by atoms with Crippen molar-refractivity contribution in [2.24, 2.45) is 32.5 Å². The lowest BCUT2D eigenvalue weighted by Gasteiger charge is -2.47. The maximum atomic E-state index is 14.6. The molecule has 51 heavy (non-hydrogen) atoms. The highest BCUT2D eigenvalue weighted by Crippen LogP contribution is 2.49. The summed E-state index contributed by atoms with van der Waals surface area (Å²) in [5.41, 5.74) is -3.38. The zero-order valence-corrected chi connectivity index (χ0v) is 33.5. The molecule has 5 atom stereocenters. The molecule has 0 saturated heterocycles. The van der Waals surface area contributed by atoms with E-state index < -0.39 is 40.1 Å². The quantitative estimate of drug-likeness (QED) is 0.284. The molecule has 3 aliphatic carbocycles. The number of aromatic nitrogens is 3. The van der Waals surface area contributed by atoms with Crippen LogP contribution in [0.5, 0.6) is 0 Å². The van der Waals surface area contributed by atoms with Crippen LogP contribution in [0.3, 0.4) is 0 Å². The number of hydrogen-bond donors (Lipinski definition) is 2. The molecule has 3 saturated carbocycles. The molecule has 3 aliphatic rings. The lowest BCUT2D eigenvalue weighted by molar-refractivity contribution is 0.0434. The Morgan fingerprint density at radius 2 is 0.922 bits per heavy atom. The van der Waals surface area contributed by atoms with E-state index in [1.165, 1.54) is 13.7 Å². The summed E-state index contributed by atoms with van der Waals surface area (Å²) in [4.78, 5) is 68.6. The van der Waals surface area contributed by atoms with Gasteiger partial charge in [0.15, 0.2) is 0 Å². The molecule has 0 aliphatic heterocycles. The third kappa shape index (κ3) is 10.3. The van der Waals surface area contributed by atoms with Crippen LogP contribution in [0, 0.1) is 32.5 Å². The SMILES string of the molecule is CCOC(=O)NC1CC(C)(C)CC(C)(Cn2c(=O)n(CC3(C)CCCC(C)(C)C3)c(=O)n(CC3(C)CC(NC(=O)OCC)CC(C)(C)C3)c2=O)C1. The first-order valence-corrected chi connectivity index (χ1v) is 19.2. The molecule has 0 spiro atoms. The van der Waals surface area contributed by atoms with Gasteiger partial charge in [-0.3, -0.25) is 0 Å². The minimum absolute atomic E-state index is 0.0776. The number of ether oxygens (including phenoxy) is 2. The van der Waals surface area contributed by atoms with Crippen molar-refractivity contribution in [1.29, 1.82) is 0 Å². The van der Waals surface area contributed by atoms with E-state index in [1.54, 1.807) is 13.8 Å². The van der Waals surface area contributed by atoms with Crippen molar-refractivity contribution in [2.75, 3.05) is 13.2 Å². The minimum Gasteiger partial charge on any atom is -0.450 e. The maximum absolute atomic E-state index is 14.6. The summed E-state index contributed by atoms with van der Waals surface area (Å²) in [5, 5.41) is 6.02. The van der Waals surface area contributed by atoms with E-state index in [9.17, 15) is 24.0 Å². The average Bonchev–Trinajstić information content (AvgIpc) is 2.93. The fraction of sp³-hybridized carbons (Fsp3) is 0.872. The molecule has 3 fully saturated rings. The van der Waals surface area contributed by atoms with Crippen LogP contribution in [0.1, 0.15) is 140 Å². The topological polar surface area (TPSA) is 143 Å². The smallest absolute Gasteiger partial charge is 0.407 e. The summed E-state index contributed by atoms with van der Waals surface area (Å²) >= 11 is 0. The highest BCUT2D eigenvalue weighted by molar-refractivity contribution is 5.68. The summed E-state index contributed by atoms with van der Waals surface area (Å²) in [6.07, 6.45) is 6.95. The molecular weight excluding hydrogens is 650 g/mol. The number of rotatable bonds is 10. The van der Waals surface area contributed by atoms with Gasteiger partial charge in [-0.1, -0.05) is 68.7 Å². The van der Waals surface area contributed by atoms with Crippen LogP contribution in [0.4, 0.5) is 9.59 Å². The first-order chi connectivity index (χ1) is 23.4. The number of hydrogen-bond acceptors (Lipinski definition) is 7. The molecule has 1 aromatic heterocycles. The zero-order chi connectivity index (χ0) is 38.2. The molecule has 5 unspecified atom stereocenters. The van der Waals surface area contributed by atoms with Crippen molar-refractivity contribution in [1.82, 2.24) is 24.3 Å². The van der Waals surface area contributed by atoms with Crippen molar-refractivity contribution in [3.8, 4) is 0 Å². The molecule has 2 N–H and O–H groups in total. The lowest BCUT2D eigenvalue weighted by atomic mass is 9.62. The molecular formula is C39H67N5O7. The third-order valence-electron chi connectivity index (χ3n) is 11.6. The van der Waals surface area contributed by atoms with Gasteiger partial charge in [0, 0.05) is 31.7 Å². The van der Waals surface area contributed by atoms with Crippen molar-refractivity contribution in [3.63, 3.8) is 0 Å². The van der Waals surface area contributed by atoms with Crippen LogP contribution >= 0.6 is 0 Å². The maximum Gasteiger partial charge on any atom is 0.407 e. The first kappa shape index (κ1) is 40.7. The minimum atomic E-state index is -0.602. The van der Waals surface area contributed by atoms with Gasteiger partial charge >= 0.3 is 29.3 Å². The van der Waals surface area contributed by atoms with Crippen LogP contribution in [0.2, 0.25) is 0 Å². The molecule has 0 bridgehead atoms. The summed E-state index contributed by atoms with van der Waals surface area (Å²) in [7, 11) is 0. The zero-order valence-electron chi connectivity index (χ0n) is 33.5. The second-order valence-electron chi connectivity index (χ2n) is 19.9. The largest absolute Gasteiger partial charge is 0.450 e. The van der Waals surface area contributed by atoms with Gasteiger partial charge in [0.2, 0.25) is 0 Å². The second kappa shape index (κ2) is 14.8. The number of carbonyl (C=O) groups excluding carboxylic acids is 2. The lowest BCUT2D eigenvalue weighted by Crippen LogP contribution is -2.59. The van der Waals surface area contributed by atoms with E-state index >= 15 is 0 Å². The Morgan fingerprint density at radius 3 is 1.27 bits per heavy atom. The molecule has 12 heteroatoms. The van der Waals surface area contributed by atoms with E-state index in [-0.39, 0.29) is 66.6 Å². The van der Waals surface area contributed by atoms with Gasteiger partial charge in [0.25, 0.3) is 0 Å². The van der Waals surface area contributed by atoms with E-state index in [2.05, 4.69) is 72.9 Å². The third-order valence-corrected chi connectivity index (χ3v) is 11.6. The standard InChI is InChI=1S/C39H67N5O7/c1-12-50-29(45)40-27-17-35(5,6)22-38(10,19-27)25-43-31(47)42(24-37(9)16-14-15-34(3,4)21-37)32(48)44(33(43)49)26-39(11)20-28(18-36(7,8)23-39)41-30(46)51-13-2/h27-28H,12-26H2,1-11H3,(H,40,45)(H,41,46). The van der Waals surface area contributed by atoms with Crippen molar-refractivity contribution in [3.05, 3.63) is 31.5 Å². The summed E-state index contributed by atoms with van der Waals surface area (Å²) < 4.78 is 14.3. The Morgan fingerprint density at radius 1 is 0.569 bits per heavy atom. The van der Waals surface area contributed by atoms with Crippen LogP contribution in [-0.4, -0.2) is 51.2 Å². The van der Waals surface area contributed by atoms with Crippen LogP contribution in [-0.2, 0) is 29.1 Å². The molecule has 2 amide bonds. The van der Waals surface area contributed by atoms with E-state index in [4.69, 9.17) is 9.47 Å². The van der Waals surface area contributed by atoms with Gasteiger partial charge in [-0.2, -0.15) is 0 Å². The van der Waals surface area contributed by atoms with Gasteiger partial charge in [-0.15, -0.1) is 0 Å². The molecule has 12 nitrogen and oxygen atoms in total. The van der Waals surface area contributed by atoms with Crippen molar-refractivity contribution < 1.29 is 19.1 Å². The Balaban J connectivity index is 1.80. The predicted octanol–water partition coefficient (Wildman–Crippen LogP) is 6.44. The number of carbonyl (C=O) groups is 2. The normalized spacial score (nSPS) is 31.4. The Labute approximate surface area is 304 Å². The number of nitrogens with one attached hydrogen (secondary N) is 2. The van der Waals surface area contributed by atoms with Gasteiger partial charge in [0.1, 0.15) is 0 Å². The first-order valence-electron chi connectivity index (χ1n) is 19.2. The molecule has 4 rings (SSSR count). The van der Waals surface area contributed by atoms with E-state index in [1.807, 2.05) is 0 Å². The molecule has 1 aromatic rings. The molecule has 0 aromatic carbocycles. The summed E-state index contributed by atoms with van der Waals surface area (Å²) in [5.74, 6) is 0. The Kier molecular flexibility index (Phi) is 11.8. The predicted molar refractivity (Wildman–Crippen MR) is 199 cm³/mol. The average molecular weight is 718 g/mol. The highest BCUT2D eigenvalue weighted by atomic mass is 16.6. The summed E-state index contributed by atoms with van der Waals surface area (Å²) in [6.45, 7) is 23.9. The van der Waals surface area contributed by atoms with E-state index in [0.29, 0.717) is 12.8 Å². The molecule has 290 valence electrons. The van der Waals surface area contributed by atoms with E-state index in [0.717, 1.165) is 51.4 Å². The number of amides is 2. The Hall–Kier alpha value is -3.05. The monoisotopic (exact) mass is 718 g/mol. The molecule has 1 heterocycles. The number of alkyl carbamates (subject to hydrolysis) is 2. The fourth-order valence-corrected chi connectivity index (χ4v) is 11.1. The van der Waals surface area contributed by atoms with Gasteiger partial charge in [-0.25, -0.2) is 37.7 Å². The van der Waals surface area contributed by atoms with Crippen molar-refractivity contribution >= 4 is 12.2 Å². The highest BCUT2D eigenvalue weighted by Gasteiger charge is 2.45. The summed E-state index contributed by atoms with van der Waals surface area (Å²) in [6, 6.07) is -0.394. The van der Waals surface area contributed by atoms with Crippen molar-refractivity contribution in [2.45, 2.75) is 172 Å². The Bertz CT molecular complexity index is 1530. The fourth-order valence-electron chi connectivity index (χ4n) is 11.1. The van der Waals surface area contributed by atoms with Gasteiger partial charge < -0.3 is 20.1 Å². The van der Waals surface area contributed by atoms with Crippen LogP contribution in [0.25, 0.3) is 0 Å². The van der Waals surface area contributed by atoms with Crippen LogP contribution < -0.4 is 27.7 Å².